The Morgan fingerprint density at radius 2 is 2.04 bits per heavy atom. The summed E-state index contributed by atoms with van der Waals surface area (Å²) in [6.07, 6.45) is 1.77. The number of halogens is 1. The van der Waals surface area contributed by atoms with Gasteiger partial charge in [-0.3, -0.25) is 9.48 Å². The summed E-state index contributed by atoms with van der Waals surface area (Å²) in [6.45, 7) is 3.05. The molecule has 3 heterocycles. The molecule has 28 heavy (non-hydrogen) atoms. The van der Waals surface area contributed by atoms with Crippen LogP contribution in [0.4, 0.5) is 4.39 Å². The number of nitrogens with one attached hydrogen (secondary N) is 1. The lowest BCUT2D eigenvalue weighted by Crippen LogP contribution is -2.23. The predicted molar refractivity (Wildman–Crippen MR) is 102 cm³/mol. The van der Waals surface area contributed by atoms with Crippen LogP contribution in [0, 0.1) is 5.82 Å². The lowest BCUT2D eigenvalue weighted by Gasteiger charge is -2.00. The second kappa shape index (κ2) is 7.73. The third-order valence-corrected chi connectivity index (χ3v) is 5.09. The molecule has 1 amide bonds. The van der Waals surface area contributed by atoms with E-state index in [0.717, 1.165) is 9.75 Å². The normalized spacial score (nSPS) is 10.9. The summed E-state index contributed by atoms with van der Waals surface area (Å²) in [5.74, 6) is 0.228. The van der Waals surface area contributed by atoms with E-state index in [1.165, 1.54) is 23.5 Å². The molecule has 1 N–H and O–H groups in total. The van der Waals surface area contributed by atoms with E-state index < -0.39 is 0 Å². The smallest absolute Gasteiger partial charge is 0.272 e. The van der Waals surface area contributed by atoms with Crippen LogP contribution >= 0.6 is 11.3 Å². The molecule has 3 aromatic heterocycles. The summed E-state index contributed by atoms with van der Waals surface area (Å²) in [4.78, 5) is 18.3. The number of nitrogens with zero attached hydrogens (tertiary/aromatic N) is 4. The number of hydrogen-bond acceptors (Lipinski definition) is 6. The number of thiophene rings is 1. The lowest BCUT2D eigenvalue weighted by atomic mass is 10.2. The molecule has 142 valence electrons. The van der Waals surface area contributed by atoms with Crippen LogP contribution in [0.1, 0.15) is 22.3 Å². The van der Waals surface area contributed by atoms with E-state index in [-0.39, 0.29) is 11.7 Å². The van der Waals surface area contributed by atoms with Crippen molar-refractivity contribution >= 4 is 17.2 Å². The average Bonchev–Trinajstić information content (AvgIpc) is 3.46. The second-order valence-electron chi connectivity index (χ2n) is 5.94. The van der Waals surface area contributed by atoms with Crippen molar-refractivity contribution in [2.45, 2.75) is 20.0 Å². The van der Waals surface area contributed by atoms with Crippen LogP contribution < -0.4 is 5.32 Å². The van der Waals surface area contributed by atoms with Crippen molar-refractivity contribution in [1.82, 2.24) is 25.2 Å². The van der Waals surface area contributed by atoms with E-state index in [9.17, 15) is 9.18 Å². The minimum Gasteiger partial charge on any atom is -0.346 e. The number of amides is 1. The number of benzene rings is 1. The largest absolute Gasteiger partial charge is 0.346 e. The van der Waals surface area contributed by atoms with Crippen LogP contribution in [0.25, 0.3) is 22.2 Å². The first-order valence-electron chi connectivity index (χ1n) is 8.63. The second-order valence-corrected chi connectivity index (χ2v) is 7.10. The third-order valence-electron chi connectivity index (χ3n) is 4.02. The fraction of sp³-hybridized carbons (Fsp3) is 0.158. The first-order chi connectivity index (χ1) is 13.6. The monoisotopic (exact) mass is 397 g/mol. The minimum absolute atomic E-state index is 0.224. The number of carbonyl (C=O) groups excluding carboxylic acids is 1. The Morgan fingerprint density at radius 3 is 2.79 bits per heavy atom. The van der Waals surface area contributed by atoms with Crippen LogP contribution in [0.2, 0.25) is 0 Å². The van der Waals surface area contributed by atoms with Crippen molar-refractivity contribution < 1.29 is 13.7 Å². The number of hydrogen-bond donors (Lipinski definition) is 1. The van der Waals surface area contributed by atoms with Gasteiger partial charge in [0.15, 0.2) is 0 Å². The Balaban J connectivity index is 1.41. The van der Waals surface area contributed by atoms with Crippen molar-refractivity contribution in [3.63, 3.8) is 0 Å². The average molecular weight is 397 g/mol. The number of carbonyl (C=O) groups is 1. The maximum atomic E-state index is 13.0. The molecule has 0 aliphatic carbocycles. The maximum absolute atomic E-state index is 13.0. The Morgan fingerprint density at radius 1 is 1.21 bits per heavy atom. The molecule has 0 fully saturated rings. The zero-order chi connectivity index (χ0) is 19.5. The molecule has 0 aliphatic rings. The quantitative estimate of drug-likeness (QED) is 0.536. The van der Waals surface area contributed by atoms with Gasteiger partial charge < -0.3 is 9.84 Å². The Bertz CT molecular complexity index is 1100. The molecule has 7 nitrogen and oxygen atoms in total. The first kappa shape index (κ1) is 18.1. The Hall–Kier alpha value is -3.33. The van der Waals surface area contributed by atoms with Gasteiger partial charge in [0, 0.05) is 23.2 Å². The molecule has 0 aliphatic heterocycles. The summed E-state index contributed by atoms with van der Waals surface area (Å²) < 4.78 is 20.0. The highest BCUT2D eigenvalue weighted by atomic mass is 32.1. The van der Waals surface area contributed by atoms with Crippen LogP contribution in [0.3, 0.4) is 0 Å². The molecular weight excluding hydrogens is 381 g/mol. The predicted octanol–water partition coefficient (Wildman–Crippen LogP) is 3.75. The molecular formula is C19H16FN5O2S. The van der Waals surface area contributed by atoms with Gasteiger partial charge in [-0.2, -0.15) is 10.1 Å². The fourth-order valence-electron chi connectivity index (χ4n) is 2.54. The summed E-state index contributed by atoms with van der Waals surface area (Å²) in [5, 5.41) is 11.0. The standard InChI is InChI=1S/C19H16FN5O2S/c1-2-25-10-9-15(23-25)18(26)21-11-14-7-8-16(28-14)19-22-17(24-27-19)12-3-5-13(20)6-4-12/h3-10H,2,11H2,1H3,(H,21,26). The van der Waals surface area contributed by atoms with Gasteiger partial charge >= 0.3 is 0 Å². The van der Waals surface area contributed by atoms with Crippen molar-refractivity contribution in [1.29, 1.82) is 0 Å². The van der Waals surface area contributed by atoms with E-state index in [1.807, 2.05) is 19.1 Å². The van der Waals surface area contributed by atoms with Gasteiger partial charge in [-0.15, -0.1) is 11.3 Å². The number of aryl methyl sites for hydroxylation is 1. The highest BCUT2D eigenvalue weighted by Crippen LogP contribution is 2.28. The fourth-order valence-corrected chi connectivity index (χ4v) is 3.41. The van der Waals surface area contributed by atoms with Crippen LogP contribution in [-0.4, -0.2) is 25.8 Å². The molecule has 4 aromatic rings. The van der Waals surface area contributed by atoms with Gasteiger partial charge in [0.05, 0.1) is 11.4 Å². The van der Waals surface area contributed by atoms with Gasteiger partial charge in [-0.1, -0.05) is 5.16 Å². The third kappa shape index (κ3) is 3.84. The van der Waals surface area contributed by atoms with E-state index in [0.29, 0.717) is 36.1 Å². The molecule has 0 saturated carbocycles. The van der Waals surface area contributed by atoms with Crippen LogP contribution in [0.5, 0.6) is 0 Å². The van der Waals surface area contributed by atoms with Crippen LogP contribution in [-0.2, 0) is 13.1 Å². The molecule has 0 radical (unpaired) electrons. The molecule has 0 spiro atoms. The zero-order valence-electron chi connectivity index (χ0n) is 14.9. The topological polar surface area (TPSA) is 85.8 Å². The molecule has 0 bridgehead atoms. The Kier molecular flexibility index (Phi) is 4.98. The van der Waals surface area contributed by atoms with Gasteiger partial charge in [-0.25, -0.2) is 4.39 Å². The van der Waals surface area contributed by atoms with E-state index in [4.69, 9.17) is 4.52 Å². The first-order valence-corrected chi connectivity index (χ1v) is 9.44. The highest BCUT2D eigenvalue weighted by Gasteiger charge is 2.14. The number of aromatic nitrogens is 4. The minimum atomic E-state index is -0.320. The van der Waals surface area contributed by atoms with Crippen molar-refractivity contribution in [2.75, 3.05) is 0 Å². The molecule has 0 atom stereocenters. The molecule has 4 rings (SSSR count). The summed E-state index contributed by atoms with van der Waals surface area (Å²) in [7, 11) is 0. The summed E-state index contributed by atoms with van der Waals surface area (Å²) in [5.41, 5.74) is 1.06. The van der Waals surface area contributed by atoms with Gasteiger partial charge in [0.1, 0.15) is 11.5 Å². The molecule has 1 aromatic carbocycles. The summed E-state index contributed by atoms with van der Waals surface area (Å²) in [6, 6.07) is 11.3. The molecule has 0 unspecified atom stereocenters. The highest BCUT2D eigenvalue weighted by molar-refractivity contribution is 7.15. The van der Waals surface area contributed by atoms with Gasteiger partial charge in [0.2, 0.25) is 5.82 Å². The number of rotatable bonds is 6. The van der Waals surface area contributed by atoms with Gasteiger partial charge in [0.25, 0.3) is 11.8 Å². The van der Waals surface area contributed by atoms with E-state index in [1.54, 1.807) is 29.1 Å². The van der Waals surface area contributed by atoms with Crippen molar-refractivity contribution in [2.24, 2.45) is 0 Å². The van der Waals surface area contributed by atoms with E-state index >= 15 is 0 Å². The molecule has 0 saturated heterocycles. The Labute approximate surface area is 163 Å². The van der Waals surface area contributed by atoms with Crippen molar-refractivity contribution in [3.05, 3.63) is 65.0 Å². The zero-order valence-corrected chi connectivity index (χ0v) is 15.7. The lowest BCUT2D eigenvalue weighted by molar-refractivity contribution is 0.0945. The maximum Gasteiger partial charge on any atom is 0.272 e. The van der Waals surface area contributed by atoms with Crippen LogP contribution in [0.15, 0.2) is 53.2 Å². The molecule has 9 heteroatoms. The SMILES string of the molecule is CCn1ccc(C(=O)NCc2ccc(-c3nc(-c4ccc(F)cc4)no3)s2)n1. The van der Waals surface area contributed by atoms with E-state index in [2.05, 4.69) is 20.6 Å². The van der Waals surface area contributed by atoms with Crippen molar-refractivity contribution in [3.8, 4) is 22.2 Å². The summed E-state index contributed by atoms with van der Waals surface area (Å²) >= 11 is 1.45. The van der Waals surface area contributed by atoms with Gasteiger partial charge in [-0.05, 0) is 49.4 Å².